The van der Waals surface area contributed by atoms with E-state index in [1.807, 2.05) is 12.1 Å². The molecule has 0 bridgehead atoms. The van der Waals surface area contributed by atoms with Gasteiger partial charge in [0, 0.05) is 23.2 Å². The number of halogens is 1. The van der Waals surface area contributed by atoms with Crippen LogP contribution in [0.3, 0.4) is 0 Å². The van der Waals surface area contributed by atoms with Crippen molar-refractivity contribution in [1.29, 1.82) is 0 Å². The summed E-state index contributed by atoms with van der Waals surface area (Å²) in [5.41, 5.74) is 6.49. The summed E-state index contributed by atoms with van der Waals surface area (Å²) in [4.78, 5) is 0.787. The molecule has 1 aromatic carbocycles. The van der Waals surface area contributed by atoms with Crippen molar-refractivity contribution >= 4 is 11.8 Å². The minimum absolute atomic E-state index is 0.261. The second-order valence-electron chi connectivity index (χ2n) is 3.13. The molecule has 5 heteroatoms. The van der Waals surface area contributed by atoms with Gasteiger partial charge in [0.05, 0.1) is 0 Å². The molecule has 0 unspecified atom stereocenters. The zero-order chi connectivity index (χ0) is 11.4. The lowest BCUT2D eigenvalue weighted by molar-refractivity contribution is 0.624. The van der Waals surface area contributed by atoms with Gasteiger partial charge in [-0.3, -0.25) is 0 Å². The number of nitrogens with two attached hydrogens (primary N) is 1. The zero-order valence-electron chi connectivity index (χ0n) is 8.43. The Hall–Kier alpha value is -1.46. The second-order valence-corrected chi connectivity index (χ2v) is 4.19. The molecular weight excluding hydrogens is 225 g/mol. The molecule has 0 saturated heterocycles. The highest BCUT2D eigenvalue weighted by molar-refractivity contribution is 7.99. The molecule has 1 heterocycles. The lowest BCUT2D eigenvalue weighted by atomic mass is 10.3. The molecule has 2 rings (SSSR count). The number of hydrogen-bond donors (Lipinski definition) is 1. The van der Waals surface area contributed by atoms with Gasteiger partial charge in [-0.15, -0.1) is 5.10 Å². The zero-order valence-corrected chi connectivity index (χ0v) is 9.25. The molecule has 82 valence electrons. The summed E-state index contributed by atoms with van der Waals surface area (Å²) >= 11 is 1.36. The normalized spacial score (nSPS) is 10.4. The van der Waals surface area contributed by atoms with E-state index in [0.717, 1.165) is 15.5 Å². The van der Waals surface area contributed by atoms with Gasteiger partial charge in [-0.25, -0.2) is 4.39 Å². The van der Waals surface area contributed by atoms with Crippen LogP contribution in [0.25, 0.3) is 0 Å². The molecule has 16 heavy (non-hydrogen) atoms. The van der Waals surface area contributed by atoms with Gasteiger partial charge in [0.2, 0.25) is 0 Å². The molecule has 0 saturated carbocycles. The standard InChI is InChI=1S/C11H10FN3S/c12-9-2-1-3-10(6-9)16-11-8(7-13)4-5-14-15-11/h1-6H,7,13H2. The fourth-order valence-electron chi connectivity index (χ4n) is 1.23. The maximum absolute atomic E-state index is 13.0. The highest BCUT2D eigenvalue weighted by atomic mass is 32.2. The molecule has 0 radical (unpaired) electrons. The highest BCUT2D eigenvalue weighted by Crippen LogP contribution is 2.28. The monoisotopic (exact) mass is 235 g/mol. The fourth-order valence-corrected chi connectivity index (χ4v) is 2.14. The second kappa shape index (κ2) is 5.05. The Labute approximate surface area is 96.9 Å². The Morgan fingerprint density at radius 2 is 2.19 bits per heavy atom. The van der Waals surface area contributed by atoms with Crippen LogP contribution in [0.5, 0.6) is 0 Å². The van der Waals surface area contributed by atoms with E-state index in [0.29, 0.717) is 6.54 Å². The van der Waals surface area contributed by atoms with Crippen molar-refractivity contribution in [2.75, 3.05) is 0 Å². The predicted octanol–water partition coefficient (Wildman–Crippen LogP) is 2.23. The Kier molecular flexibility index (Phi) is 3.48. The molecule has 0 spiro atoms. The van der Waals surface area contributed by atoms with Crippen LogP contribution in [0, 0.1) is 5.82 Å². The van der Waals surface area contributed by atoms with Crippen molar-refractivity contribution in [3.05, 3.63) is 47.9 Å². The predicted molar refractivity (Wildman–Crippen MR) is 60.4 cm³/mol. The number of benzene rings is 1. The summed E-state index contributed by atoms with van der Waals surface area (Å²) in [6, 6.07) is 8.16. The van der Waals surface area contributed by atoms with Crippen molar-refractivity contribution < 1.29 is 4.39 Å². The third-order valence-corrected chi connectivity index (χ3v) is 3.02. The molecule has 0 aliphatic rings. The van der Waals surface area contributed by atoms with Crippen LogP contribution >= 0.6 is 11.8 Å². The third-order valence-electron chi connectivity index (χ3n) is 2.00. The topological polar surface area (TPSA) is 51.8 Å². The van der Waals surface area contributed by atoms with E-state index in [4.69, 9.17) is 5.73 Å². The van der Waals surface area contributed by atoms with Crippen LogP contribution in [0.4, 0.5) is 4.39 Å². The molecule has 3 nitrogen and oxygen atoms in total. The largest absolute Gasteiger partial charge is 0.326 e. The van der Waals surface area contributed by atoms with Crippen molar-refractivity contribution in [2.45, 2.75) is 16.5 Å². The molecule has 0 aliphatic carbocycles. The molecule has 2 N–H and O–H groups in total. The quantitative estimate of drug-likeness (QED) is 0.886. The Morgan fingerprint density at radius 1 is 1.31 bits per heavy atom. The minimum atomic E-state index is -0.261. The maximum Gasteiger partial charge on any atom is 0.128 e. The van der Waals surface area contributed by atoms with E-state index in [1.165, 1.54) is 23.9 Å². The van der Waals surface area contributed by atoms with E-state index in [2.05, 4.69) is 10.2 Å². The first kappa shape index (κ1) is 11.0. The summed E-state index contributed by atoms with van der Waals surface area (Å²) in [7, 11) is 0. The summed E-state index contributed by atoms with van der Waals surface area (Å²) in [5, 5.41) is 8.49. The number of nitrogens with zero attached hydrogens (tertiary/aromatic N) is 2. The first-order valence-corrected chi connectivity index (χ1v) is 5.55. The number of rotatable bonds is 3. The molecule has 0 amide bonds. The smallest absolute Gasteiger partial charge is 0.128 e. The first-order valence-electron chi connectivity index (χ1n) is 4.73. The molecular formula is C11H10FN3S. The van der Waals surface area contributed by atoms with Crippen molar-refractivity contribution in [1.82, 2.24) is 10.2 Å². The lowest BCUT2D eigenvalue weighted by Crippen LogP contribution is -2.00. The van der Waals surface area contributed by atoms with Crippen molar-refractivity contribution in [3.8, 4) is 0 Å². The van der Waals surface area contributed by atoms with Gasteiger partial charge in [-0.05, 0) is 24.3 Å². The van der Waals surface area contributed by atoms with E-state index in [-0.39, 0.29) is 5.82 Å². The summed E-state index contributed by atoms with van der Waals surface area (Å²) < 4.78 is 13.0. The van der Waals surface area contributed by atoms with Crippen LogP contribution in [0.15, 0.2) is 46.5 Å². The Balaban J connectivity index is 2.26. The lowest BCUT2D eigenvalue weighted by Gasteiger charge is -2.04. The number of aromatic nitrogens is 2. The first-order chi connectivity index (χ1) is 7.79. The van der Waals surface area contributed by atoms with E-state index in [1.54, 1.807) is 12.3 Å². The van der Waals surface area contributed by atoms with Gasteiger partial charge in [-0.2, -0.15) is 5.10 Å². The van der Waals surface area contributed by atoms with Gasteiger partial charge in [-0.1, -0.05) is 17.8 Å². The molecule has 2 aromatic rings. The van der Waals surface area contributed by atoms with Crippen molar-refractivity contribution in [3.63, 3.8) is 0 Å². The van der Waals surface area contributed by atoms with Crippen LogP contribution in [0.1, 0.15) is 5.56 Å². The summed E-state index contributed by atoms with van der Waals surface area (Å²) in [5.74, 6) is -0.261. The SMILES string of the molecule is NCc1ccnnc1Sc1cccc(F)c1. The molecule has 0 atom stereocenters. The van der Waals surface area contributed by atoms with E-state index < -0.39 is 0 Å². The summed E-state index contributed by atoms with van der Waals surface area (Å²) in [6.07, 6.45) is 1.60. The average Bonchev–Trinajstić information content (AvgIpc) is 2.30. The minimum Gasteiger partial charge on any atom is -0.326 e. The Bertz CT molecular complexity index is 490. The van der Waals surface area contributed by atoms with Crippen LogP contribution in [-0.4, -0.2) is 10.2 Å². The van der Waals surface area contributed by atoms with Gasteiger partial charge in [0.15, 0.2) is 0 Å². The van der Waals surface area contributed by atoms with Gasteiger partial charge in [0.1, 0.15) is 10.8 Å². The molecule has 0 fully saturated rings. The van der Waals surface area contributed by atoms with E-state index in [9.17, 15) is 4.39 Å². The Morgan fingerprint density at radius 3 is 2.94 bits per heavy atom. The van der Waals surface area contributed by atoms with E-state index >= 15 is 0 Å². The highest BCUT2D eigenvalue weighted by Gasteiger charge is 2.05. The van der Waals surface area contributed by atoms with Crippen LogP contribution in [-0.2, 0) is 6.54 Å². The molecule has 0 aliphatic heterocycles. The molecule has 1 aromatic heterocycles. The average molecular weight is 235 g/mol. The van der Waals surface area contributed by atoms with Crippen LogP contribution < -0.4 is 5.73 Å². The van der Waals surface area contributed by atoms with Gasteiger partial charge in [0.25, 0.3) is 0 Å². The summed E-state index contributed by atoms with van der Waals surface area (Å²) in [6.45, 7) is 0.396. The van der Waals surface area contributed by atoms with Gasteiger partial charge < -0.3 is 5.73 Å². The van der Waals surface area contributed by atoms with Gasteiger partial charge >= 0.3 is 0 Å². The maximum atomic E-state index is 13.0. The third kappa shape index (κ3) is 2.56. The van der Waals surface area contributed by atoms with Crippen LogP contribution in [0.2, 0.25) is 0 Å². The fraction of sp³-hybridized carbons (Fsp3) is 0.0909. The van der Waals surface area contributed by atoms with Crippen molar-refractivity contribution in [2.24, 2.45) is 5.73 Å². The number of hydrogen-bond acceptors (Lipinski definition) is 4.